The van der Waals surface area contributed by atoms with Gasteiger partial charge in [0, 0.05) is 6.04 Å². The lowest BCUT2D eigenvalue weighted by Gasteiger charge is -2.23. The highest BCUT2D eigenvalue weighted by Gasteiger charge is 2.41. The van der Waals surface area contributed by atoms with Crippen molar-refractivity contribution in [1.29, 1.82) is 0 Å². The number of nitrogens with one attached hydrogen (secondary N) is 1. The third kappa shape index (κ3) is 4.24. The molecule has 1 amide bonds. The first-order valence-corrected chi connectivity index (χ1v) is 5.40. The number of aliphatic carboxylic acids is 1. The van der Waals surface area contributed by atoms with Crippen molar-refractivity contribution in [2.75, 3.05) is 0 Å². The molecule has 0 saturated heterocycles. The maximum Gasteiger partial charge on any atom is 0.471 e. The monoisotopic (exact) mass is 253 g/mol. The minimum absolute atomic E-state index is 0.169. The lowest BCUT2D eigenvalue weighted by atomic mass is 9.95. The van der Waals surface area contributed by atoms with E-state index in [0.29, 0.717) is 12.8 Å². The molecule has 0 aromatic heterocycles. The second-order valence-corrected chi connectivity index (χ2v) is 4.22. The van der Waals surface area contributed by atoms with Crippen LogP contribution in [0.4, 0.5) is 13.2 Å². The van der Waals surface area contributed by atoms with Crippen molar-refractivity contribution in [3.63, 3.8) is 0 Å². The highest BCUT2D eigenvalue weighted by Crippen LogP contribution is 2.29. The molecule has 17 heavy (non-hydrogen) atoms. The Morgan fingerprint density at radius 1 is 1.29 bits per heavy atom. The molecule has 7 heteroatoms. The minimum Gasteiger partial charge on any atom is -0.481 e. The number of carboxylic acids is 1. The van der Waals surface area contributed by atoms with Crippen molar-refractivity contribution in [3.05, 3.63) is 0 Å². The molecule has 1 rings (SSSR count). The molecule has 0 heterocycles. The SMILES string of the molecule is O=C(O)CC(NC(=O)C(F)(F)F)C1CCCC1. The second kappa shape index (κ2) is 5.37. The van der Waals surface area contributed by atoms with Gasteiger partial charge in [0.15, 0.2) is 0 Å². The van der Waals surface area contributed by atoms with Crippen molar-refractivity contribution >= 4 is 11.9 Å². The fourth-order valence-electron chi connectivity index (χ4n) is 2.13. The summed E-state index contributed by atoms with van der Waals surface area (Å²) in [5.41, 5.74) is 0. The maximum atomic E-state index is 12.1. The van der Waals surface area contributed by atoms with Crippen molar-refractivity contribution in [2.24, 2.45) is 5.92 Å². The predicted molar refractivity (Wildman–Crippen MR) is 52.2 cm³/mol. The number of amides is 1. The zero-order valence-electron chi connectivity index (χ0n) is 9.09. The van der Waals surface area contributed by atoms with Gasteiger partial charge in [0.1, 0.15) is 0 Å². The molecule has 2 N–H and O–H groups in total. The summed E-state index contributed by atoms with van der Waals surface area (Å²) < 4.78 is 36.2. The van der Waals surface area contributed by atoms with Crippen LogP contribution in [0.5, 0.6) is 0 Å². The van der Waals surface area contributed by atoms with Crippen molar-refractivity contribution < 1.29 is 27.9 Å². The van der Waals surface area contributed by atoms with Crippen molar-refractivity contribution in [1.82, 2.24) is 5.32 Å². The molecule has 0 radical (unpaired) electrons. The van der Waals surface area contributed by atoms with Gasteiger partial charge >= 0.3 is 18.1 Å². The molecule has 1 aliphatic carbocycles. The third-order valence-electron chi connectivity index (χ3n) is 2.94. The third-order valence-corrected chi connectivity index (χ3v) is 2.94. The van der Waals surface area contributed by atoms with Crippen LogP contribution >= 0.6 is 0 Å². The van der Waals surface area contributed by atoms with Crippen LogP contribution in [0.25, 0.3) is 0 Å². The highest BCUT2D eigenvalue weighted by atomic mass is 19.4. The van der Waals surface area contributed by atoms with E-state index in [9.17, 15) is 22.8 Å². The lowest BCUT2D eigenvalue weighted by Crippen LogP contribution is -2.46. The molecule has 0 spiro atoms. The van der Waals surface area contributed by atoms with Crippen LogP contribution in [-0.2, 0) is 9.59 Å². The quantitative estimate of drug-likeness (QED) is 0.801. The highest BCUT2D eigenvalue weighted by molar-refractivity contribution is 5.82. The van der Waals surface area contributed by atoms with E-state index in [2.05, 4.69) is 0 Å². The Morgan fingerprint density at radius 3 is 2.24 bits per heavy atom. The zero-order chi connectivity index (χ0) is 13.1. The number of carbonyl (C=O) groups excluding carboxylic acids is 1. The molecule has 1 fully saturated rings. The Morgan fingerprint density at radius 2 is 1.82 bits per heavy atom. The fraction of sp³-hybridized carbons (Fsp3) is 0.800. The van der Waals surface area contributed by atoms with Gasteiger partial charge in [-0.3, -0.25) is 9.59 Å². The van der Waals surface area contributed by atoms with Gasteiger partial charge in [-0.15, -0.1) is 0 Å². The summed E-state index contributed by atoms with van der Waals surface area (Å²) in [5, 5.41) is 10.4. The summed E-state index contributed by atoms with van der Waals surface area (Å²) >= 11 is 0. The van der Waals surface area contributed by atoms with Crippen LogP contribution < -0.4 is 5.32 Å². The molecule has 0 bridgehead atoms. The molecular weight excluding hydrogens is 239 g/mol. The van der Waals surface area contributed by atoms with Gasteiger partial charge in [-0.25, -0.2) is 0 Å². The Bertz CT molecular complexity index is 298. The Labute approximate surface area is 96.2 Å². The minimum atomic E-state index is -4.96. The van der Waals surface area contributed by atoms with Crippen LogP contribution in [0.3, 0.4) is 0 Å². The lowest BCUT2D eigenvalue weighted by molar-refractivity contribution is -0.175. The van der Waals surface area contributed by atoms with E-state index >= 15 is 0 Å². The Balaban J connectivity index is 2.63. The fourth-order valence-corrected chi connectivity index (χ4v) is 2.13. The molecule has 0 aromatic carbocycles. The number of hydrogen-bond donors (Lipinski definition) is 2. The Hall–Kier alpha value is -1.27. The largest absolute Gasteiger partial charge is 0.481 e. The van der Waals surface area contributed by atoms with Gasteiger partial charge < -0.3 is 10.4 Å². The molecular formula is C10H14F3NO3. The standard InChI is InChI=1S/C10H14F3NO3/c11-10(12,13)9(17)14-7(5-8(15)16)6-3-1-2-4-6/h6-7H,1-5H2,(H,14,17)(H,15,16). The smallest absolute Gasteiger partial charge is 0.471 e. The summed E-state index contributed by atoms with van der Waals surface area (Å²) in [4.78, 5) is 21.3. The van der Waals surface area contributed by atoms with Crippen LogP contribution in [-0.4, -0.2) is 29.2 Å². The van der Waals surface area contributed by atoms with E-state index in [4.69, 9.17) is 5.11 Å². The van der Waals surface area contributed by atoms with Gasteiger partial charge in [-0.2, -0.15) is 13.2 Å². The average molecular weight is 253 g/mol. The van der Waals surface area contributed by atoms with E-state index in [0.717, 1.165) is 12.8 Å². The molecule has 1 atom stereocenters. The van der Waals surface area contributed by atoms with E-state index < -0.39 is 30.5 Å². The summed E-state index contributed by atoms with van der Waals surface area (Å²) in [6.45, 7) is 0. The maximum absolute atomic E-state index is 12.1. The number of hydrogen-bond acceptors (Lipinski definition) is 2. The van der Waals surface area contributed by atoms with Gasteiger partial charge in [0.05, 0.1) is 6.42 Å². The summed E-state index contributed by atoms with van der Waals surface area (Å²) in [7, 11) is 0. The molecule has 1 aliphatic rings. The molecule has 98 valence electrons. The first kappa shape index (κ1) is 13.8. The van der Waals surface area contributed by atoms with Gasteiger partial charge in [-0.05, 0) is 18.8 Å². The van der Waals surface area contributed by atoms with Crippen molar-refractivity contribution in [2.45, 2.75) is 44.3 Å². The number of rotatable bonds is 4. The van der Waals surface area contributed by atoms with E-state index in [-0.39, 0.29) is 5.92 Å². The topological polar surface area (TPSA) is 66.4 Å². The Kier molecular flexibility index (Phi) is 4.36. The number of alkyl halides is 3. The molecule has 1 saturated carbocycles. The second-order valence-electron chi connectivity index (χ2n) is 4.22. The summed E-state index contributed by atoms with van der Waals surface area (Å²) in [6, 6.07) is -0.927. The van der Waals surface area contributed by atoms with Gasteiger partial charge in [0.25, 0.3) is 0 Å². The van der Waals surface area contributed by atoms with Crippen LogP contribution in [0.1, 0.15) is 32.1 Å². The van der Waals surface area contributed by atoms with E-state index in [1.807, 2.05) is 0 Å². The number of halogens is 3. The summed E-state index contributed by atoms with van der Waals surface area (Å²) in [5.74, 6) is -3.43. The summed E-state index contributed by atoms with van der Waals surface area (Å²) in [6.07, 6.45) is -2.38. The molecule has 1 unspecified atom stereocenters. The normalized spacial score (nSPS) is 19.0. The van der Waals surface area contributed by atoms with Crippen LogP contribution in [0.2, 0.25) is 0 Å². The van der Waals surface area contributed by atoms with E-state index in [1.54, 1.807) is 5.32 Å². The van der Waals surface area contributed by atoms with Crippen molar-refractivity contribution in [3.8, 4) is 0 Å². The zero-order valence-corrected chi connectivity index (χ0v) is 9.09. The first-order chi connectivity index (χ1) is 7.80. The van der Waals surface area contributed by atoms with E-state index in [1.165, 1.54) is 0 Å². The molecule has 0 aromatic rings. The van der Waals surface area contributed by atoms with Crippen LogP contribution in [0.15, 0.2) is 0 Å². The molecule has 4 nitrogen and oxygen atoms in total. The van der Waals surface area contributed by atoms with Crippen LogP contribution in [0, 0.1) is 5.92 Å². The van der Waals surface area contributed by atoms with Gasteiger partial charge in [0.2, 0.25) is 0 Å². The number of carbonyl (C=O) groups is 2. The first-order valence-electron chi connectivity index (χ1n) is 5.40. The predicted octanol–water partition coefficient (Wildman–Crippen LogP) is 1.70. The number of carboxylic acid groups (broad SMARTS) is 1. The van der Waals surface area contributed by atoms with Gasteiger partial charge in [-0.1, -0.05) is 12.8 Å². The average Bonchev–Trinajstić information content (AvgIpc) is 2.66. The molecule has 0 aliphatic heterocycles.